The molecule has 4 heteroatoms. The standard InChI is InChI=1S/C13H21N3O/c1-11(8-14)16(2)10-13(17)15-9-12-6-4-3-5-7-12/h3-7,11H,8-10,14H2,1-2H3,(H,15,17). The van der Waals surface area contributed by atoms with Crippen LogP contribution in [0.15, 0.2) is 30.3 Å². The number of amides is 1. The van der Waals surface area contributed by atoms with Crippen LogP contribution in [0.5, 0.6) is 0 Å². The fraction of sp³-hybridized carbons (Fsp3) is 0.462. The minimum Gasteiger partial charge on any atom is -0.351 e. The number of nitrogens with zero attached hydrogens (tertiary/aromatic N) is 1. The van der Waals surface area contributed by atoms with Crippen LogP contribution in [0.25, 0.3) is 0 Å². The van der Waals surface area contributed by atoms with Gasteiger partial charge in [0.15, 0.2) is 0 Å². The maximum atomic E-state index is 11.7. The normalized spacial score (nSPS) is 12.5. The van der Waals surface area contributed by atoms with Crippen LogP contribution in [0.1, 0.15) is 12.5 Å². The van der Waals surface area contributed by atoms with Crippen molar-refractivity contribution in [2.75, 3.05) is 20.1 Å². The molecule has 4 nitrogen and oxygen atoms in total. The van der Waals surface area contributed by atoms with Gasteiger partial charge in [0.1, 0.15) is 0 Å². The predicted molar refractivity (Wildman–Crippen MR) is 69.4 cm³/mol. The van der Waals surface area contributed by atoms with Gasteiger partial charge in [-0.3, -0.25) is 9.69 Å². The number of benzene rings is 1. The first-order valence-corrected chi connectivity index (χ1v) is 5.84. The van der Waals surface area contributed by atoms with E-state index in [0.29, 0.717) is 19.6 Å². The molecular weight excluding hydrogens is 214 g/mol. The second-order valence-electron chi connectivity index (χ2n) is 4.26. The quantitative estimate of drug-likeness (QED) is 0.758. The minimum atomic E-state index is 0.0247. The van der Waals surface area contributed by atoms with Gasteiger partial charge < -0.3 is 11.1 Å². The fourth-order valence-electron chi connectivity index (χ4n) is 1.41. The molecular formula is C13H21N3O. The Balaban J connectivity index is 2.31. The molecule has 0 fully saturated rings. The van der Waals surface area contributed by atoms with E-state index in [4.69, 9.17) is 5.73 Å². The van der Waals surface area contributed by atoms with Crippen LogP contribution < -0.4 is 11.1 Å². The van der Waals surface area contributed by atoms with Crippen molar-refractivity contribution < 1.29 is 4.79 Å². The largest absolute Gasteiger partial charge is 0.351 e. The second-order valence-corrected chi connectivity index (χ2v) is 4.26. The van der Waals surface area contributed by atoms with Crippen molar-refractivity contribution in [1.82, 2.24) is 10.2 Å². The zero-order chi connectivity index (χ0) is 12.7. The first-order chi connectivity index (χ1) is 8.13. The van der Waals surface area contributed by atoms with Crippen molar-refractivity contribution in [2.24, 2.45) is 5.73 Å². The molecule has 1 unspecified atom stereocenters. The number of nitrogens with two attached hydrogens (primary N) is 1. The molecule has 1 rings (SSSR count). The summed E-state index contributed by atoms with van der Waals surface area (Å²) < 4.78 is 0. The van der Waals surface area contributed by atoms with Crippen molar-refractivity contribution in [3.05, 3.63) is 35.9 Å². The lowest BCUT2D eigenvalue weighted by molar-refractivity contribution is -0.122. The summed E-state index contributed by atoms with van der Waals surface area (Å²) in [4.78, 5) is 13.6. The van der Waals surface area contributed by atoms with Gasteiger partial charge in [0.25, 0.3) is 0 Å². The molecule has 3 N–H and O–H groups in total. The number of hydrogen-bond acceptors (Lipinski definition) is 3. The lowest BCUT2D eigenvalue weighted by Gasteiger charge is -2.22. The van der Waals surface area contributed by atoms with Crippen LogP contribution in [0.2, 0.25) is 0 Å². The third kappa shape index (κ3) is 4.97. The third-order valence-corrected chi connectivity index (χ3v) is 2.82. The van der Waals surface area contributed by atoms with E-state index in [9.17, 15) is 4.79 Å². The zero-order valence-electron chi connectivity index (χ0n) is 10.5. The zero-order valence-corrected chi connectivity index (χ0v) is 10.5. The number of hydrogen-bond donors (Lipinski definition) is 2. The molecule has 1 atom stereocenters. The van der Waals surface area contributed by atoms with E-state index in [2.05, 4.69) is 5.32 Å². The molecule has 1 aromatic rings. The summed E-state index contributed by atoms with van der Waals surface area (Å²) >= 11 is 0. The minimum absolute atomic E-state index is 0.0247. The molecule has 0 aromatic heterocycles. The summed E-state index contributed by atoms with van der Waals surface area (Å²) in [6.45, 7) is 3.52. The molecule has 0 bridgehead atoms. The molecule has 1 aromatic carbocycles. The molecule has 0 aliphatic carbocycles. The van der Waals surface area contributed by atoms with Gasteiger partial charge in [0.05, 0.1) is 6.54 Å². The molecule has 0 saturated carbocycles. The van der Waals surface area contributed by atoms with Gasteiger partial charge in [-0.05, 0) is 19.5 Å². The molecule has 0 aliphatic rings. The summed E-state index contributed by atoms with van der Waals surface area (Å²) in [6, 6.07) is 10.1. The Morgan fingerprint density at radius 2 is 2.06 bits per heavy atom. The van der Waals surface area contributed by atoms with E-state index < -0.39 is 0 Å². The van der Waals surface area contributed by atoms with Crippen LogP contribution >= 0.6 is 0 Å². The summed E-state index contributed by atoms with van der Waals surface area (Å²) in [7, 11) is 1.90. The number of likely N-dealkylation sites (N-methyl/N-ethyl adjacent to an activating group) is 1. The third-order valence-electron chi connectivity index (χ3n) is 2.82. The van der Waals surface area contributed by atoms with Crippen molar-refractivity contribution in [2.45, 2.75) is 19.5 Å². The van der Waals surface area contributed by atoms with Crippen molar-refractivity contribution in [3.8, 4) is 0 Å². The molecule has 0 aliphatic heterocycles. The molecule has 0 heterocycles. The number of carbonyl (C=O) groups is 1. The van der Waals surface area contributed by atoms with Crippen LogP contribution in [-0.2, 0) is 11.3 Å². The first kappa shape index (κ1) is 13.7. The Bertz CT molecular complexity index is 340. The lowest BCUT2D eigenvalue weighted by Crippen LogP contribution is -2.42. The van der Waals surface area contributed by atoms with Crippen LogP contribution in [0.4, 0.5) is 0 Å². The molecule has 1 amide bonds. The van der Waals surface area contributed by atoms with E-state index in [1.807, 2.05) is 49.2 Å². The maximum absolute atomic E-state index is 11.7. The highest BCUT2D eigenvalue weighted by atomic mass is 16.2. The Morgan fingerprint density at radius 3 is 2.65 bits per heavy atom. The Morgan fingerprint density at radius 1 is 1.41 bits per heavy atom. The summed E-state index contributed by atoms with van der Waals surface area (Å²) in [5, 5.41) is 2.89. The molecule has 17 heavy (non-hydrogen) atoms. The van der Waals surface area contributed by atoms with Gasteiger partial charge >= 0.3 is 0 Å². The summed E-state index contributed by atoms with van der Waals surface area (Å²) in [5.74, 6) is 0.0247. The van der Waals surface area contributed by atoms with Gasteiger partial charge in [0.2, 0.25) is 5.91 Å². The van der Waals surface area contributed by atoms with E-state index in [1.165, 1.54) is 0 Å². The number of carbonyl (C=O) groups excluding carboxylic acids is 1. The Labute approximate surface area is 103 Å². The topological polar surface area (TPSA) is 58.4 Å². The molecule has 0 saturated heterocycles. The highest BCUT2D eigenvalue weighted by Crippen LogP contribution is 1.97. The van der Waals surface area contributed by atoms with E-state index in [0.717, 1.165) is 5.56 Å². The van der Waals surface area contributed by atoms with Crippen LogP contribution in [0, 0.1) is 0 Å². The van der Waals surface area contributed by atoms with Crippen molar-refractivity contribution in [3.63, 3.8) is 0 Å². The van der Waals surface area contributed by atoms with E-state index in [1.54, 1.807) is 0 Å². The number of rotatable bonds is 6. The smallest absolute Gasteiger partial charge is 0.234 e. The van der Waals surface area contributed by atoms with E-state index >= 15 is 0 Å². The van der Waals surface area contributed by atoms with Crippen molar-refractivity contribution >= 4 is 5.91 Å². The average Bonchev–Trinajstić information content (AvgIpc) is 2.36. The maximum Gasteiger partial charge on any atom is 0.234 e. The van der Waals surface area contributed by atoms with Gasteiger partial charge in [0, 0.05) is 19.1 Å². The summed E-state index contributed by atoms with van der Waals surface area (Å²) in [6.07, 6.45) is 0. The lowest BCUT2D eigenvalue weighted by atomic mass is 10.2. The fourth-order valence-corrected chi connectivity index (χ4v) is 1.41. The predicted octanol–water partition coefficient (Wildman–Crippen LogP) is 0.582. The average molecular weight is 235 g/mol. The molecule has 0 radical (unpaired) electrons. The van der Waals surface area contributed by atoms with Crippen molar-refractivity contribution in [1.29, 1.82) is 0 Å². The first-order valence-electron chi connectivity index (χ1n) is 5.84. The molecule has 94 valence electrons. The number of nitrogens with one attached hydrogen (secondary N) is 1. The second kappa shape index (κ2) is 7.04. The van der Waals surface area contributed by atoms with Gasteiger partial charge in [-0.2, -0.15) is 0 Å². The monoisotopic (exact) mass is 235 g/mol. The molecule has 0 spiro atoms. The summed E-state index contributed by atoms with van der Waals surface area (Å²) in [5.41, 5.74) is 6.65. The Kier molecular flexibility index (Phi) is 5.66. The highest BCUT2D eigenvalue weighted by Gasteiger charge is 2.10. The Hall–Kier alpha value is -1.39. The highest BCUT2D eigenvalue weighted by molar-refractivity contribution is 5.78. The van der Waals surface area contributed by atoms with E-state index in [-0.39, 0.29) is 11.9 Å². The van der Waals surface area contributed by atoms with Gasteiger partial charge in [-0.1, -0.05) is 30.3 Å². The van der Waals surface area contributed by atoms with Gasteiger partial charge in [-0.15, -0.1) is 0 Å². The van der Waals surface area contributed by atoms with Crippen LogP contribution in [-0.4, -0.2) is 37.0 Å². The SMILES string of the molecule is CC(CN)N(C)CC(=O)NCc1ccccc1. The van der Waals surface area contributed by atoms with Gasteiger partial charge in [-0.25, -0.2) is 0 Å². The van der Waals surface area contributed by atoms with Crippen LogP contribution in [0.3, 0.4) is 0 Å².